The van der Waals surface area contributed by atoms with E-state index in [4.69, 9.17) is 0 Å². The molecular formula is C17H28. The van der Waals surface area contributed by atoms with Crippen LogP contribution in [0.25, 0.3) is 0 Å². The van der Waals surface area contributed by atoms with Crippen LogP contribution in [0.3, 0.4) is 0 Å². The van der Waals surface area contributed by atoms with Crippen LogP contribution in [0.1, 0.15) is 70.6 Å². The summed E-state index contributed by atoms with van der Waals surface area (Å²) in [6, 6.07) is 0. The van der Waals surface area contributed by atoms with Crippen LogP contribution in [0.15, 0.2) is 0 Å². The molecule has 0 aromatic rings. The summed E-state index contributed by atoms with van der Waals surface area (Å²) in [4.78, 5) is 0. The van der Waals surface area contributed by atoms with E-state index in [-0.39, 0.29) is 0 Å². The van der Waals surface area contributed by atoms with E-state index in [0.29, 0.717) is 0 Å². The molecule has 0 spiro atoms. The van der Waals surface area contributed by atoms with Gasteiger partial charge in [-0.1, -0.05) is 25.7 Å². The minimum absolute atomic E-state index is 1.13. The van der Waals surface area contributed by atoms with E-state index in [1.165, 1.54) is 0 Å². The second-order valence-corrected chi connectivity index (χ2v) is 8.00. The SMILES string of the molecule is C1CC2CC1CC1CC3CCC(C3)CC(C2)C1. The van der Waals surface area contributed by atoms with E-state index in [0.717, 1.165) is 35.5 Å². The fourth-order valence-electron chi connectivity index (χ4n) is 6.15. The third kappa shape index (κ3) is 2.17. The summed E-state index contributed by atoms with van der Waals surface area (Å²) < 4.78 is 0. The molecule has 4 aliphatic rings. The van der Waals surface area contributed by atoms with Crippen molar-refractivity contribution < 1.29 is 0 Å². The summed E-state index contributed by atoms with van der Waals surface area (Å²) in [5, 5.41) is 0. The Balaban J connectivity index is 1.56. The van der Waals surface area contributed by atoms with Crippen molar-refractivity contribution >= 4 is 0 Å². The first-order valence-corrected chi connectivity index (χ1v) is 8.35. The predicted molar refractivity (Wildman–Crippen MR) is 71.7 cm³/mol. The molecule has 4 atom stereocenters. The van der Waals surface area contributed by atoms with Crippen LogP contribution in [0, 0.1) is 35.5 Å². The number of fused-ring (bicyclic) bond motifs is 6. The van der Waals surface area contributed by atoms with Crippen LogP contribution < -0.4 is 0 Å². The molecule has 0 heteroatoms. The van der Waals surface area contributed by atoms with Crippen molar-refractivity contribution in [1.82, 2.24) is 0 Å². The molecule has 17 heavy (non-hydrogen) atoms. The van der Waals surface area contributed by atoms with Crippen molar-refractivity contribution in [1.29, 1.82) is 0 Å². The third-order valence-electron chi connectivity index (χ3n) is 6.63. The van der Waals surface area contributed by atoms with Crippen LogP contribution in [0.4, 0.5) is 0 Å². The first-order valence-electron chi connectivity index (χ1n) is 8.35. The molecule has 0 aromatic carbocycles. The van der Waals surface area contributed by atoms with Crippen LogP contribution in [-0.4, -0.2) is 0 Å². The lowest BCUT2D eigenvalue weighted by molar-refractivity contribution is 0.173. The molecule has 4 rings (SSSR count). The summed E-state index contributed by atoms with van der Waals surface area (Å²) >= 11 is 0. The van der Waals surface area contributed by atoms with Gasteiger partial charge >= 0.3 is 0 Å². The molecule has 0 N–H and O–H groups in total. The molecule has 0 radical (unpaired) electrons. The van der Waals surface area contributed by atoms with E-state index in [1.54, 1.807) is 70.6 Å². The average Bonchev–Trinajstić information content (AvgIpc) is 2.85. The summed E-state index contributed by atoms with van der Waals surface area (Å²) in [7, 11) is 0. The molecule has 0 heterocycles. The normalized spacial score (nSPS) is 53.6. The minimum atomic E-state index is 1.13. The second-order valence-electron chi connectivity index (χ2n) is 8.00. The lowest BCUT2D eigenvalue weighted by atomic mass is 9.72. The first-order chi connectivity index (χ1) is 8.35. The monoisotopic (exact) mass is 232 g/mol. The van der Waals surface area contributed by atoms with Crippen LogP contribution >= 0.6 is 0 Å². The number of rotatable bonds is 0. The Morgan fingerprint density at radius 2 is 0.529 bits per heavy atom. The zero-order valence-electron chi connectivity index (χ0n) is 11.2. The Kier molecular flexibility index (Phi) is 2.74. The minimum Gasteiger partial charge on any atom is -0.0502 e. The summed E-state index contributed by atoms with van der Waals surface area (Å²) in [6.45, 7) is 0. The quantitative estimate of drug-likeness (QED) is 0.549. The van der Waals surface area contributed by atoms with Crippen LogP contribution in [0.5, 0.6) is 0 Å². The average molecular weight is 232 g/mol. The van der Waals surface area contributed by atoms with Gasteiger partial charge in [0.05, 0.1) is 0 Å². The highest BCUT2D eigenvalue weighted by Crippen LogP contribution is 2.50. The molecule has 0 amide bonds. The molecular weight excluding hydrogens is 204 g/mol. The Labute approximate surface area is 107 Å². The largest absolute Gasteiger partial charge is 0.0502 e. The molecule has 4 fully saturated rings. The fourth-order valence-corrected chi connectivity index (χ4v) is 6.15. The third-order valence-corrected chi connectivity index (χ3v) is 6.63. The topological polar surface area (TPSA) is 0 Å². The maximum Gasteiger partial charge on any atom is -0.0406 e. The molecule has 4 unspecified atom stereocenters. The van der Waals surface area contributed by atoms with E-state index < -0.39 is 0 Å². The molecule has 0 saturated heterocycles. The lowest BCUT2D eigenvalue weighted by Gasteiger charge is -2.34. The fraction of sp³-hybridized carbons (Fsp3) is 1.00. The van der Waals surface area contributed by atoms with Gasteiger partial charge in [-0.05, 0) is 80.5 Å². The lowest BCUT2D eigenvalue weighted by Crippen LogP contribution is -2.22. The van der Waals surface area contributed by atoms with Gasteiger partial charge in [0.2, 0.25) is 0 Å². The predicted octanol–water partition coefficient (Wildman–Crippen LogP) is 5.03. The Morgan fingerprint density at radius 1 is 0.294 bits per heavy atom. The van der Waals surface area contributed by atoms with E-state index >= 15 is 0 Å². The maximum atomic E-state index is 1.62. The van der Waals surface area contributed by atoms with Gasteiger partial charge in [0.25, 0.3) is 0 Å². The van der Waals surface area contributed by atoms with Gasteiger partial charge in [0, 0.05) is 0 Å². The highest BCUT2D eigenvalue weighted by molar-refractivity contribution is 4.89. The highest BCUT2D eigenvalue weighted by Gasteiger charge is 2.38. The molecule has 6 bridgehead atoms. The zero-order chi connectivity index (χ0) is 11.2. The Bertz CT molecular complexity index is 230. The molecule has 0 aliphatic heterocycles. The van der Waals surface area contributed by atoms with Gasteiger partial charge < -0.3 is 0 Å². The van der Waals surface area contributed by atoms with Gasteiger partial charge in [0.15, 0.2) is 0 Å². The van der Waals surface area contributed by atoms with Gasteiger partial charge in [0.1, 0.15) is 0 Å². The molecule has 4 aliphatic carbocycles. The Hall–Kier alpha value is 0. The first kappa shape index (κ1) is 10.9. The summed E-state index contributed by atoms with van der Waals surface area (Å²) in [6.07, 6.45) is 17.7. The number of hydrogen-bond donors (Lipinski definition) is 0. The van der Waals surface area contributed by atoms with Crippen molar-refractivity contribution in [3.05, 3.63) is 0 Å². The van der Waals surface area contributed by atoms with Gasteiger partial charge in [-0.2, -0.15) is 0 Å². The zero-order valence-corrected chi connectivity index (χ0v) is 11.2. The van der Waals surface area contributed by atoms with E-state index in [2.05, 4.69) is 0 Å². The molecule has 4 saturated carbocycles. The van der Waals surface area contributed by atoms with Crippen LogP contribution in [0.2, 0.25) is 0 Å². The Morgan fingerprint density at radius 3 is 0.882 bits per heavy atom. The molecule has 0 nitrogen and oxygen atoms in total. The summed E-state index contributed by atoms with van der Waals surface area (Å²) in [5.41, 5.74) is 0. The number of hydrogen-bond acceptors (Lipinski definition) is 0. The smallest absolute Gasteiger partial charge is 0.0406 e. The van der Waals surface area contributed by atoms with Crippen molar-refractivity contribution in [3.8, 4) is 0 Å². The van der Waals surface area contributed by atoms with Crippen molar-refractivity contribution in [3.63, 3.8) is 0 Å². The standard InChI is InChI=1S/C17H28/c1-2-13-5-12(1)7-16-9-14-3-4-15(6-14)10-17(8-13)11-16/h12-17H,1-11H2. The van der Waals surface area contributed by atoms with Crippen molar-refractivity contribution in [2.75, 3.05) is 0 Å². The maximum absolute atomic E-state index is 1.62. The summed E-state index contributed by atoms with van der Waals surface area (Å²) in [5.74, 6) is 6.83. The van der Waals surface area contributed by atoms with Gasteiger partial charge in [-0.15, -0.1) is 0 Å². The highest BCUT2D eigenvalue weighted by atomic mass is 14.4. The van der Waals surface area contributed by atoms with E-state index in [9.17, 15) is 0 Å². The van der Waals surface area contributed by atoms with Gasteiger partial charge in [-0.25, -0.2) is 0 Å². The second kappa shape index (κ2) is 4.28. The van der Waals surface area contributed by atoms with Crippen molar-refractivity contribution in [2.45, 2.75) is 70.6 Å². The van der Waals surface area contributed by atoms with Gasteiger partial charge in [-0.3, -0.25) is 0 Å². The van der Waals surface area contributed by atoms with Crippen LogP contribution in [-0.2, 0) is 0 Å². The van der Waals surface area contributed by atoms with Crippen molar-refractivity contribution in [2.24, 2.45) is 35.5 Å². The molecule has 96 valence electrons. The molecule has 0 aromatic heterocycles. The van der Waals surface area contributed by atoms with E-state index in [1.807, 2.05) is 0 Å².